The number of rotatable bonds is 9. The first-order valence-corrected chi connectivity index (χ1v) is 9.61. The normalized spacial score (nSPS) is 10.6. The molecule has 0 aliphatic carbocycles. The molecular weight excluding hydrogens is 380 g/mol. The lowest BCUT2D eigenvalue weighted by Gasteiger charge is -2.09. The molecule has 0 radical (unpaired) electrons. The number of ether oxygens (including phenoxy) is 2. The second-order valence-corrected chi connectivity index (χ2v) is 6.34. The fourth-order valence-electron chi connectivity index (χ4n) is 2.81. The number of oxime groups is 1. The maximum Gasteiger partial charge on any atom is 0.265 e. The molecule has 3 rings (SSSR count). The minimum absolute atomic E-state index is 0.189. The Kier molecular flexibility index (Phi) is 7.44. The summed E-state index contributed by atoms with van der Waals surface area (Å²) in [5.74, 6) is 0.983. The van der Waals surface area contributed by atoms with E-state index in [0.717, 1.165) is 16.7 Å². The van der Waals surface area contributed by atoms with Gasteiger partial charge in [0.1, 0.15) is 0 Å². The third-order valence-corrected chi connectivity index (χ3v) is 4.24. The molecular formula is C24H24N2O4. The first-order chi connectivity index (χ1) is 14.7. The van der Waals surface area contributed by atoms with Crippen LogP contribution in [0.15, 0.2) is 78.0 Å². The van der Waals surface area contributed by atoms with Gasteiger partial charge in [-0.3, -0.25) is 4.79 Å². The molecule has 1 amide bonds. The van der Waals surface area contributed by atoms with Gasteiger partial charge in [0.2, 0.25) is 0 Å². The third kappa shape index (κ3) is 5.85. The van der Waals surface area contributed by atoms with Crippen LogP contribution in [0.4, 0.5) is 5.69 Å². The van der Waals surface area contributed by atoms with Crippen molar-refractivity contribution in [2.75, 3.05) is 25.6 Å². The Bertz CT molecular complexity index is 986. The maximum atomic E-state index is 12.0. The van der Waals surface area contributed by atoms with Gasteiger partial charge in [0.05, 0.1) is 19.9 Å². The topological polar surface area (TPSA) is 69.2 Å². The summed E-state index contributed by atoms with van der Waals surface area (Å²) in [6.07, 6.45) is 1.51. The van der Waals surface area contributed by atoms with Gasteiger partial charge in [0.15, 0.2) is 18.1 Å². The molecule has 154 valence electrons. The van der Waals surface area contributed by atoms with Crippen LogP contribution in [0, 0.1) is 0 Å². The summed E-state index contributed by atoms with van der Waals surface area (Å²) < 4.78 is 10.8. The zero-order valence-corrected chi connectivity index (χ0v) is 17.0. The Morgan fingerprint density at radius 3 is 2.40 bits per heavy atom. The van der Waals surface area contributed by atoms with E-state index in [1.165, 1.54) is 6.21 Å². The number of carbonyl (C=O) groups is 1. The Morgan fingerprint density at radius 1 is 0.967 bits per heavy atom. The van der Waals surface area contributed by atoms with Crippen molar-refractivity contribution in [1.29, 1.82) is 0 Å². The van der Waals surface area contributed by atoms with Crippen LogP contribution in [-0.4, -0.2) is 32.4 Å². The van der Waals surface area contributed by atoms with E-state index in [4.69, 9.17) is 14.3 Å². The van der Waals surface area contributed by atoms with E-state index < -0.39 is 0 Å². The Hall–Kier alpha value is -3.80. The van der Waals surface area contributed by atoms with Gasteiger partial charge in [-0.15, -0.1) is 0 Å². The minimum Gasteiger partial charge on any atom is -0.493 e. The molecule has 0 heterocycles. The molecule has 3 aromatic rings. The second kappa shape index (κ2) is 10.7. The molecule has 0 fully saturated rings. The van der Waals surface area contributed by atoms with Crippen molar-refractivity contribution >= 4 is 17.8 Å². The Labute approximate surface area is 176 Å². The molecule has 3 aromatic carbocycles. The lowest BCUT2D eigenvalue weighted by atomic mass is 10.1. The van der Waals surface area contributed by atoms with Crippen molar-refractivity contribution in [2.24, 2.45) is 5.16 Å². The summed E-state index contributed by atoms with van der Waals surface area (Å²) in [6.45, 7) is 2.27. The molecule has 0 spiro atoms. The maximum absolute atomic E-state index is 12.0. The van der Waals surface area contributed by atoms with Crippen LogP contribution in [-0.2, 0) is 9.63 Å². The number of hydrogen-bond donors (Lipinski definition) is 1. The van der Waals surface area contributed by atoms with Crippen molar-refractivity contribution in [3.63, 3.8) is 0 Å². The molecule has 0 atom stereocenters. The van der Waals surface area contributed by atoms with Gasteiger partial charge in [-0.2, -0.15) is 0 Å². The van der Waals surface area contributed by atoms with Crippen LogP contribution in [0.1, 0.15) is 12.5 Å². The summed E-state index contributed by atoms with van der Waals surface area (Å²) in [4.78, 5) is 17.2. The zero-order valence-electron chi connectivity index (χ0n) is 17.0. The van der Waals surface area contributed by atoms with Crippen LogP contribution in [0.3, 0.4) is 0 Å². The smallest absolute Gasteiger partial charge is 0.265 e. The first kappa shape index (κ1) is 20.9. The van der Waals surface area contributed by atoms with Crippen molar-refractivity contribution in [2.45, 2.75) is 6.92 Å². The van der Waals surface area contributed by atoms with E-state index >= 15 is 0 Å². The number of methoxy groups -OCH3 is 1. The highest BCUT2D eigenvalue weighted by atomic mass is 16.6. The number of amides is 1. The predicted octanol–water partition coefficient (Wildman–Crippen LogP) is 4.75. The summed E-state index contributed by atoms with van der Waals surface area (Å²) in [6, 6.07) is 23.1. The van der Waals surface area contributed by atoms with E-state index in [1.807, 2.05) is 67.6 Å². The molecule has 0 aliphatic heterocycles. The van der Waals surface area contributed by atoms with E-state index in [-0.39, 0.29) is 12.5 Å². The lowest BCUT2D eigenvalue weighted by Crippen LogP contribution is -2.16. The molecule has 0 bridgehead atoms. The van der Waals surface area contributed by atoms with E-state index in [0.29, 0.717) is 23.8 Å². The van der Waals surface area contributed by atoms with Gasteiger partial charge in [0, 0.05) is 11.3 Å². The van der Waals surface area contributed by atoms with Gasteiger partial charge >= 0.3 is 0 Å². The Morgan fingerprint density at radius 2 is 1.70 bits per heavy atom. The van der Waals surface area contributed by atoms with Gasteiger partial charge in [-0.05, 0) is 48.4 Å². The lowest BCUT2D eigenvalue weighted by molar-refractivity contribution is -0.120. The van der Waals surface area contributed by atoms with Crippen molar-refractivity contribution in [3.8, 4) is 22.6 Å². The van der Waals surface area contributed by atoms with E-state index in [9.17, 15) is 4.79 Å². The number of hydrogen-bond acceptors (Lipinski definition) is 5. The molecule has 6 nitrogen and oxygen atoms in total. The van der Waals surface area contributed by atoms with Crippen molar-refractivity contribution in [1.82, 2.24) is 0 Å². The molecule has 0 unspecified atom stereocenters. The summed E-state index contributed by atoms with van der Waals surface area (Å²) in [7, 11) is 1.58. The molecule has 1 N–H and O–H groups in total. The summed E-state index contributed by atoms with van der Waals surface area (Å²) >= 11 is 0. The quantitative estimate of drug-likeness (QED) is 0.413. The standard InChI is InChI=1S/C24H24N2O4/c1-3-29-22-14-9-18(15-23(22)28-2)16-25-30-17-24(27)26-21-12-10-20(11-13-21)19-7-5-4-6-8-19/h4-16H,3,17H2,1-2H3,(H,26,27)/b25-16-. The van der Waals surface area contributed by atoms with Gasteiger partial charge in [0.25, 0.3) is 5.91 Å². The number of anilines is 1. The second-order valence-electron chi connectivity index (χ2n) is 6.34. The van der Waals surface area contributed by atoms with Gasteiger partial charge in [-0.1, -0.05) is 47.6 Å². The molecule has 0 aromatic heterocycles. The highest BCUT2D eigenvalue weighted by Gasteiger charge is 2.05. The largest absolute Gasteiger partial charge is 0.493 e. The van der Waals surface area contributed by atoms with Crippen LogP contribution in [0.2, 0.25) is 0 Å². The van der Waals surface area contributed by atoms with Crippen LogP contribution in [0.25, 0.3) is 11.1 Å². The molecule has 6 heteroatoms. The fourth-order valence-corrected chi connectivity index (χ4v) is 2.81. The first-order valence-electron chi connectivity index (χ1n) is 9.61. The number of benzene rings is 3. The van der Waals surface area contributed by atoms with E-state index in [2.05, 4.69) is 10.5 Å². The summed E-state index contributed by atoms with van der Waals surface area (Å²) in [5, 5.41) is 6.63. The summed E-state index contributed by atoms with van der Waals surface area (Å²) in [5.41, 5.74) is 3.68. The minimum atomic E-state index is -0.288. The average molecular weight is 404 g/mol. The van der Waals surface area contributed by atoms with Crippen LogP contribution in [0.5, 0.6) is 11.5 Å². The molecule has 0 aliphatic rings. The number of nitrogens with one attached hydrogen (secondary N) is 1. The monoisotopic (exact) mass is 404 g/mol. The van der Waals surface area contributed by atoms with Gasteiger partial charge in [-0.25, -0.2) is 0 Å². The van der Waals surface area contributed by atoms with Crippen LogP contribution >= 0.6 is 0 Å². The van der Waals surface area contributed by atoms with Crippen molar-refractivity contribution < 1.29 is 19.1 Å². The van der Waals surface area contributed by atoms with Crippen LogP contribution < -0.4 is 14.8 Å². The fraction of sp³-hybridized carbons (Fsp3) is 0.167. The molecule has 0 saturated carbocycles. The van der Waals surface area contributed by atoms with Crippen molar-refractivity contribution in [3.05, 3.63) is 78.4 Å². The van der Waals surface area contributed by atoms with Gasteiger partial charge < -0.3 is 19.6 Å². The highest BCUT2D eigenvalue weighted by molar-refractivity contribution is 5.92. The van der Waals surface area contributed by atoms with E-state index in [1.54, 1.807) is 19.2 Å². The molecule has 30 heavy (non-hydrogen) atoms. The zero-order chi connectivity index (χ0) is 21.2. The number of carbonyl (C=O) groups excluding carboxylic acids is 1. The molecule has 0 saturated heterocycles. The SMILES string of the molecule is CCOc1ccc(/C=N\OCC(=O)Nc2ccc(-c3ccccc3)cc2)cc1OC. The predicted molar refractivity (Wildman–Crippen MR) is 118 cm³/mol. The Balaban J connectivity index is 1.49. The average Bonchev–Trinajstić information content (AvgIpc) is 2.79. The third-order valence-electron chi connectivity index (χ3n) is 4.24. The number of nitrogens with zero attached hydrogens (tertiary/aromatic N) is 1. The highest BCUT2D eigenvalue weighted by Crippen LogP contribution is 2.27.